The highest BCUT2D eigenvalue weighted by Gasteiger charge is 2.46. The summed E-state index contributed by atoms with van der Waals surface area (Å²) in [5, 5.41) is 11.5. The quantitative estimate of drug-likeness (QED) is 0.152. The number of ether oxygens (including phenoxy) is 2. The summed E-state index contributed by atoms with van der Waals surface area (Å²) in [6.07, 6.45) is 0.576. The zero-order valence-electron chi connectivity index (χ0n) is 23.4. The maximum atomic E-state index is 13.3. The SMILES string of the molecule is COCCCN1C(=O)C(=O)C(=C(O)c2ccc(OCc3ccccc3)cc2C)[C@H]1c1ccc(C(C)(C)C)cc1. The van der Waals surface area contributed by atoms with E-state index in [-0.39, 0.29) is 16.7 Å². The molecular formula is C33H37NO5. The molecule has 3 aromatic rings. The van der Waals surface area contributed by atoms with Crippen molar-refractivity contribution < 1.29 is 24.2 Å². The topological polar surface area (TPSA) is 76.1 Å². The summed E-state index contributed by atoms with van der Waals surface area (Å²) >= 11 is 0. The summed E-state index contributed by atoms with van der Waals surface area (Å²) < 4.78 is 11.1. The number of nitrogens with zero attached hydrogens (tertiary/aromatic N) is 1. The fraction of sp³-hybridized carbons (Fsp3) is 0.333. The minimum atomic E-state index is -0.690. The molecule has 1 aliphatic heterocycles. The fourth-order valence-corrected chi connectivity index (χ4v) is 4.88. The Hall–Kier alpha value is -3.90. The van der Waals surface area contributed by atoms with Crippen molar-refractivity contribution >= 4 is 17.4 Å². The molecule has 0 aromatic heterocycles. The Morgan fingerprint density at radius 3 is 2.28 bits per heavy atom. The summed E-state index contributed by atoms with van der Waals surface area (Å²) in [6.45, 7) is 9.47. The fourth-order valence-electron chi connectivity index (χ4n) is 4.88. The van der Waals surface area contributed by atoms with Gasteiger partial charge in [0.05, 0.1) is 11.6 Å². The van der Waals surface area contributed by atoms with Gasteiger partial charge in [-0.05, 0) is 59.2 Å². The van der Waals surface area contributed by atoms with Gasteiger partial charge in [-0.1, -0.05) is 75.4 Å². The Balaban J connectivity index is 1.71. The van der Waals surface area contributed by atoms with Crippen molar-refractivity contribution in [3.63, 3.8) is 0 Å². The third-order valence-electron chi connectivity index (χ3n) is 7.08. The van der Waals surface area contributed by atoms with E-state index in [2.05, 4.69) is 20.8 Å². The van der Waals surface area contributed by atoms with E-state index in [1.54, 1.807) is 24.1 Å². The van der Waals surface area contributed by atoms with Crippen LogP contribution < -0.4 is 4.74 Å². The average Bonchev–Trinajstić information content (AvgIpc) is 3.17. The number of rotatable bonds is 9. The summed E-state index contributed by atoms with van der Waals surface area (Å²) in [4.78, 5) is 28.1. The van der Waals surface area contributed by atoms with Crippen LogP contribution in [-0.2, 0) is 26.3 Å². The minimum absolute atomic E-state index is 0.0414. The lowest BCUT2D eigenvalue weighted by Crippen LogP contribution is -2.31. The van der Waals surface area contributed by atoms with E-state index in [1.165, 1.54) is 0 Å². The number of aliphatic hydroxyl groups is 1. The predicted molar refractivity (Wildman–Crippen MR) is 153 cm³/mol. The number of likely N-dealkylation sites (tertiary alicyclic amines) is 1. The van der Waals surface area contributed by atoms with Gasteiger partial charge in [-0.15, -0.1) is 0 Å². The molecule has 6 heteroatoms. The number of methoxy groups -OCH3 is 1. The van der Waals surface area contributed by atoms with Crippen LogP contribution in [0.3, 0.4) is 0 Å². The van der Waals surface area contributed by atoms with Gasteiger partial charge in [0, 0.05) is 25.8 Å². The lowest BCUT2D eigenvalue weighted by molar-refractivity contribution is -0.140. The van der Waals surface area contributed by atoms with Gasteiger partial charge in [0.2, 0.25) is 0 Å². The van der Waals surface area contributed by atoms with Gasteiger partial charge in [-0.3, -0.25) is 9.59 Å². The smallest absolute Gasteiger partial charge is 0.295 e. The summed E-state index contributed by atoms with van der Waals surface area (Å²) in [5.41, 5.74) is 4.26. The normalized spacial score (nSPS) is 17.1. The van der Waals surface area contributed by atoms with Gasteiger partial charge < -0.3 is 19.5 Å². The molecule has 0 saturated carbocycles. The van der Waals surface area contributed by atoms with Crippen LogP contribution in [-0.4, -0.2) is 42.0 Å². The van der Waals surface area contributed by atoms with Crippen LogP contribution in [0.15, 0.2) is 78.4 Å². The molecule has 204 valence electrons. The predicted octanol–water partition coefficient (Wildman–Crippen LogP) is 6.33. The number of Topliss-reactive ketones (excluding diaryl/α,β-unsaturated/α-hetero) is 1. The van der Waals surface area contributed by atoms with Gasteiger partial charge in [0.15, 0.2) is 0 Å². The number of carbonyl (C=O) groups excluding carboxylic acids is 2. The first-order chi connectivity index (χ1) is 18.6. The molecule has 3 aromatic carbocycles. The third-order valence-corrected chi connectivity index (χ3v) is 7.08. The highest BCUT2D eigenvalue weighted by molar-refractivity contribution is 6.46. The lowest BCUT2D eigenvalue weighted by atomic mass is 9.85. The van der Waals surface area contributed by atoms with E-state index in [4.69, 9.17) is 9.47 Å². The molecule has 1 amide bonds. The maximum absolute atomic E-state index is 13.3. The van der Waals surface area contributed by atoms with Crippen molar-refractivity contribution in [1.29, 1.82) is 0 Å². The molecule has 0 radical (unpaired) electrons. The van der Waals surface area contributed by atoms with Gasteiger partial charge in [-0.2, -0.15) is 0 Å². The Kier molecular flexibility index (Phi) is 8.56. The largest absolute Gasteiger partial charge is 0.507 e. The Labute approximate surface area is 230 Å². The molecule has 1 aliphatic rings. The lowest BCUT2D eigenvalue weighted by Gasteiger charge is -2.26. The van der Waals surface area contributed by atoms with Crippen LogP contribution in [0.1, 0.15) is 61.1 Å². The van der Waals surface area contributed by atoms with E-state index in [0.717, 1.165) is 22.3 Å². The second-order valence-electron chi connectivity index (χ2n) is 11.0. The number of carbonyl (C=O) groups is 2. The summed E-state index contributed by atoms with van der Waals surface area (Å²) in [5.74, 6) is -0.821. The molecule has 4 rings (SSSR count). The van der Waals surface area contributed by atoms with Crippen LogP contribution in [0.2, 0.25) is 0 Å². The molecule has 6 nitrogen and oxygen atoms in total. The number of aliphatic hydroxyl groups excluding tert-OH is 1. The number of ketones is 1. The summed E-state index contributed by atoms with van der Waals surface area (Å²) in [6, 6.07) is 22.5. The van der Waals surface area contributed by atoms with E-state index >= 15 is 0 Å². The number of aryl methyl sites for hydroxylation is 1. The molecule has 1 N–H and O–H groups in total. The highest BCUT2D eigenvalue weighted by atomic mass is 16.5. The molecule has 39 heavy (non-hydrogen) atoms. The Morgan fingerprint density at radius 2 is 1.67 bits per heavy atom. The van der Waals surface area contributed by atoms with Crippen molar-refractivity contribution in [2.24, 2.45) is 0 Å². The molecule has 0 aliphatic carbocycles. The minimum Gasteiger partial charge on any atom is -0.507 e. The number of amides is 1. The first-order valence-electron chi connectivity index (χ1n) is 13.3. The zero-order chi connectivity index (χ0) is 28.2. The van der Waals surface area contributed by atoms with Crippen LogP contribution in [0.25, 0.3) is 5.76 Å². The second kappa shape index (κ2) is 11.9. The molecule has 1 saturated heterocycles. The standard InChI is InChI=1S/C33H37NO5/c1-22-20-26(39-21-23-10-7-6-8-11-23)16-17-27(22)30(35)28-29(24-12-14-25(15-13-24)33(2,3)4)34(18-9-19-38-5)32(37)31(28)36/h6-8,10-17,20,29,35H,9,18-19,21H2,1-5H3/t29-/m1/s1. The average molecular weight is 528 g/mol. The van der Waals surface area contributed by atoms with Gasteiger partial charge >= 0.3 is 0 Å². The molecule has 1 heterocycles. The second-order valence-corrected chi connectivity index (χ2v) is 11.0. The monoisotopic (exact) mass is 527 g/mol. The molecule has 0 spiro atoms. The van der Waals surface area contributed by atoms with Gasteiger partial charge in [0.25, 0.3) is 11.7 Å². The maximum Gasteiger partial charge on any atom is 0.295 e. The first-order valence-corrected chi connectivity index (χ1v) is 13.3. The van der Waals surface area contributed by atoms with E-state index < -0.39 is 17.7 Å². The number of hydrogen-bond acceptors (Lipinski definition) is 5. The molecule has 1 atom stereocenters. The third kappa shape index (κ3) is 6.23. The van der Waals surface area contributed by atoms with Crippen LogP contribution >= 0.6 is 0 Å². The first kappa shape index (κ1) is 28.1. The van der Waals surface area contributed by atoms with Crippen molar-refractivity contribution in [3.05, 3.63) is 106 Å². The van der Waals surface area contributed by atoms with E-state index in [9.17, 15) is 14.7 Å². The summed E-state index contributed by atoms with van der Waals surface area (Å²) in [7, 11) is 1.60. The van der Waals surface area contributed by atoms with Crippen molar-refractivity contribution in [2.45, 2.75) is 52.2 Å². The zero-order valence-corrected chi connectivity index (χ0v) is 23.4. The van der Waals surface area contributed by atoms with E-state index in [0.29, 0.717) is 37.5 Å². The van der Waals surface area contributed by atoms with Crippen molar-refractivity contribution in [2.75, 3.05) is 20.3 Å². The van der Waals surface area contributed by atoms with Gasteiger partial charge in [-0.25, -0.2) is 0 Å². The van der Waals surface area contributed by atoms with Crippen molar-refractivity contribution in [3.8, 4) is 5.75 Å². The van der Waals surface area contributed by atoms with Crippen molar-refractivity contribution in [1.82, 2.24) is 4.90 Å². The molecule has 0 unspecified atom stereocenters. The molecule has 1 fully saturated rings. The molecule has 0 bridgehead atoms. The van der Waals surface area contributed by atoms with Crippen LogP contribution in [0.5, 0.6) is 5.75 Å². The number of benzene rings is 3. The number of hydrogen-bond donors (Lipinski definition) is 1. The molecular weight excluding hydrogens is 490 g/mol. The Morgan fingerprint density at radius 1 is 0.974 bits per heavy atom. The van der Waals surface area contributed by atoms with Crippen LogP contribution in [0, 0.1) is 6.92 Å². The van der Waals surface area contributed by atoms with Crippen LogP contribution in [0.4, 0.5) is 0 Å². The Bertz CT molecular complexity index is 1350. The highest BCUT2D eigenvalue weighted by Crippen LogP contribution is 2.40. The van der Waals surface area contributed by atoms with Gasteiger partial charge in [0.1, 0.15) is 18.1 Å². The van der Waals surface area contributed by atoms with E-state index in [1.807, 2.05) is 67.6 Å².